The SMILES string of the molecule is CCn1ccnc(N(C)CC(=O)O)c1=O. The largest absolute Gasteiger partial charge is 0.480 e. The van der Waals surface area contributed by atoms with E-state index >= 15 is 0 Å². The van der Waals surface area contributed by atoms with E-state index in [0.29, 0.717) is 6.54 Å². The van der Waals surface area contributed by atoms with Crippen molar-refractivity contribution in [2.75, 3.05) is 18.5 Å². The molecule has 0 radical (unpaired) electrons. The van der Waals surface area contributed by atoms with Crippen LogP contribution in [0.25, 0.3) is 0 Å². The molecule has 0 saturated carbocycles. The van der Waals surface area contributed by atoms with E-state index in [1.165, 1.54) is 22.7 Å². The maximum absolute atomic E-state index is 11.7. The predicted octanol–water partition coefficient (Wildman–Crippen LogP) is -0.216. The number of likely N-dealkylation sites (N-methyl/N-ethyl adjacent to an activating group) is 1. The van der Waals surface area contributed by atoms with Crippen LogP contribution >= 0.6 is 0 Å². The van der Waals surface area contributed by atoms with Gasteiger partial charge in [0.05, 0.1) is 0 Å². The minimum absolute atomic E-state index is 0.154. The van der Waals surface area contributed by atoms with Gasteiger partial charge in [-0.15, -0.1) is 0 Å². The third kappa shape index (κ3) is 2.55. The maximum atomic E-state index is 11.7. The van der Waals surface area contributed by atoms with Crippen LogP contribution in [0.1, 0.15) is 6.92 Å². The summed E-state index contributed by atoms with van der Waals surface area (Å²) >= 11 is 0. The number of hydrogen-bond donors (Lipinski definition) is 1. The molecule has 0 aliphatic carbocycles. The summed E-state index contributed by atoms with van der Waals surface area (Å²) in [6.07, 6.45) is 3.05. The standard InChI is InChI=1S/C9H13N3O3/c1-3-12-5-4-10-8(9(12)15)11(2)6-7(13)14/h4-5H,3,6H2,1-2H3,(H,13,14). The third-order valence-electron chi connectivity index (χ3n) is 1.97. The van der Waals surface area contributed by atoms with Crippen molar-refractivity contribution in [3.05, 3.63) is 22.7 Å². The van der Waals surface area contributed by atoms with Crippen molar-refractivity contribution < 1.29 is 9.90 Å². The lowest BCUT2D eigenvalue weighted by Crippen LogP contribution is -2.33. The molecule has 0 aromatic carbocycles. The Bertz CT molecular complexity index is 413. The number of rotatable bonds is 4. The quantitative estimate of drug-likeness (QED) is 0.745. The molecule has 1 aromatic heterocycles. The molecular formula is C9H13N3O3. The number of hydrogen-bond acceptors (Lipinski definition) is 4. The number of anilines is 1. The molecule has 1 heterocycles. The second kappa shape index (κ2) is 4.59. The first-order valence-corrected chi connectivity index (χ1v) is 4.54. The summed E-state index contributed by atoms with van der Waals surface area (Å²) in [5.41, 5.74) is -0.274. The molecule has 1 N–H and O–H groups in total. The van der Waals surface area contributed by atoms with Crippen molar-refractivity contribution in [2.24, 2.45) is 0 Å². The van der Waals surface area contributed by atoms with Gasteiger partial charge in [-0.2, -0.15) is 0 Å². The smallest absolute Gasteiger partial charge is 0.323 e. The molecule has 0 bridgehead atoms. The van der Waals surface area contributed by atoms with E-state index < -0.39 is 5.97 Å². The Morgan fingerprint density at radius 3 is 2.87 bits per heavy atom. The van der Waals surface area contributed by atoms with Crippen LogP contribution in [-0.4, -0.2) is 34.2 Å². The molecule has 0 amide bonds. The summed E-state index contributed by atoms with van der Waals surface area (Å²) in [5.74, 6) is -0.840. The highest BCUT2D eigenvalue weighted by molar-refractivity contribution is 5.72. The molecule has 0 atom stereocenters. The van der Waals surface area contributed by atoms with E-state index in [1.54, 1.807) is 6.20 Å². The fourth-order valence-electron chi connectivity index (χ4n) is 1.22. The van der Waals surface area contributed by atoms with Crippen LogP contribution in [0, 0.1) is 0 Å². The maximum Gasteiger partial charge on any atom is 0.323 e. The Labute approximate surface area is 86.8 Å². The summed E-state index contributed by atoms with van der Waals surface area (Å²) in [5, 5.41) is 8.58. The van der Waals surface area contributed by atoms with Gasteiger partial charge in [-0.1, -0.05) is 0 Å². The Morgan fingerprint density at radius 1 is 1.67 bits per heavy atom. The zero-order chi connectivity index (χ0) is 11.4. The van der Waals surface area contributed by atoms with Gasteiger partial charge in [-0.3, -0.25) is 9.59 Å². The monoisotopic (exact) mass is 211 g/mol. The Hall–Kier alpha value is -1.85. The topological polar surface area (TPSA) is 75.4 Å². The highest BCUT2D eigenvalue weighted by Gasteiger charge is 2.11. The average molecular weight is 211 g/mol. The molecular weight excluding hydrogens is 198 g/mol. The summed E-state index contributed by atoms with van der Waals surface area (Å²) < 4.78 is 1.47. The van der Waals surface area contributed by atoms with E-state index in [2.05, 4.69) is 4.98 Å². The third-order valence-corrected chi connectivity index (χ3v) is 1.97. The Morgan fingerprint density at radius 2 is 2.33 bits per heavy atom. The number of nitrogens with zero attached hydrogens (tertiary/aromatic N) is 3. The Balaban J connectivity index is 3.04. The van der Waals surface area contributed by atoms with Gasteiger partial charge in [-0.05, 0) is 6.92 Å². The fourth-order valence-corrected chi connectivity index (χ4v) is 1.22. The summed E-state index contributed by atoms with van der Waals surface area (Å²) in [7, 11) is 1.53. The predicted molar refractivity (Wildman–Crippen MR) is 55.1 cm³/mol. The molecule has 0 aliphatic heterocycles. The molecule has 6 nitrogen and oxygen atoms in total. The fraction of sp³-hybridized carbons (Fsp3) is 0.444. The highest BCUT2D eigenvalue weighted by Crippen LogP contribution is 1.99. The van der Waals surface area contributed by atoms with Gasteiger partial charge < -0.3 is 14.6 Å². The van der Waals surface area contributed by atoms with Gasteiger partial charge in [0.2, 0.25) is 0 Å². The first kappa shape index (κ1) is 11.2. The van der Waals surface area contributed by atoms with Gasteiger partial charge in [0.1, 0.15) is 6.54 Å². The minimum Gasteiger partial charge on any atom is -0.480 e. The molecule has 0 spiro atoms. The van der Waals surface area contributed by atoms with Crippen LogP contribution in [0.2, 0.25) is 0 Å². The Kier molecular flexibility index (Phi) is 3.43. The van der Waals surface area contributed by atoms with Crippen LogP contribution in [0.4, 0.5) is 5.82 Å². The van der Waals surface area contributed by atoms with Gasteiger partial charge in [0.15, 0.2) is 5.82 Å². The van der Waals surface area contributed by atoms with Crippen molar-refractivity contribution in [1.29, 1.82) is 0 Å². The van der Waals surface area contributed by atoms with Gasteiger partial charge in [0, 0.05) is 26.0 Å². The van der Waals surface area contributed by atoms with E-state index in [4.69, 9.17) is 5.11 Å². The van der Waals surface area contributed by atoms with Crippen LogP contribution in [0.3, 0.4) is 0 Å². The molecule has 82 valence electrons. The number of carboxylic acids is 1. The van der Waals surface area contributed by atoms with E-state index in [0.717, 1.165) is 0 Å². The summed E-state index contributed by atoms with van der Waals surface area (Å²) in [6.45, 7) is 2.13. The first-order valence-electron chi connectivity index (χ1n) is 4.54. The van der Waals surface area contributed by atoms with E-state index in [-0.39, 0.29) is 17.9 Å². The molecule has 1 aromatic rings. The molecule has 15 heavy (non-hydrogen) atoms. The van der Waals surface area contributed by atoms with Crippen molar-refractivity contribution in [1.82, 2.24) is 9.55 Å². The number of aryl methyl sites for hydroxylation is 1. The molecule has 0 fully saturated rings. The molecule has 0 unspecified atom stereocenters. The van der Waals surface area contributed by atoms with E-state index in [9.17, 15) is 9.59 Å². The lowest BCUT2D eigenvalue weighted by Gasteiger charge is -2.15. The van der Waals surface area contributed by atoms with Crippen LogP contribution in [0.15, 0.2) is 17.2 Å². The van der Waals surface area contributed by atoms with Gasteiger partial charge in [-0.25, -0.2) is 4.98 Å². The molecule has 0 saturated heterocycles. The number of carboxylic acid groups (broad SMARTS) is 1. The van der Waals surface area contributed by atoms with Crippen LogP contribution in [-0.2, 0) is 11.3 Å². The lowest BCUT2D eigenvalue weighted by molar-refractivity contribution is -0.135. The number of aliphatic carboxylic acids is 1. The first-order chi connectivity index (χ1) is 7.06. The van der Waals surface area contributed by atoms with Crippen LogP contribution < -0.4 is 10.5 Å². The normalized spacial score (nSPS) is 10.0. The molecule has 6 heteroatoms. The van der Waals surface area contributed by atoms with Crippen LogP contribution in [0.5, 0.6) is 0 Å². The number of carbonyl (C=O) groups is 1. The van der Waals surface area contributed by atoms with Gasteiger partial charge in [0.25, 0.3) is 5.56 Å². The minimum atomic E-state index is -0.995. The molecule has 1 rings (SSSR count). The molecule has 0 aliphatic rings. The average Bonchev–Trinajstić information content (AvgIpc) is 2.17. The van der Waals surface area contributed by atoms with Crippen molar-refractivity contribution in [3.8, 4) is 0 Å². The zero-order valence-electron chi connectivity index (χ0n) is 8.67. The zero-order valence-corrected chi connectivity index (χ0v) is 8.67. The van der Waals surface area contributed by atoms with E-state index in [1.807, 2.05) is 6.92 Å². The summed E-state index contributed by atoms with van der Waals surface area (Å²) in [4.78, 5) is 27.3. The summed E-state index contributed by atoms with van der Waals surface area (Å²) in [6, 6.07) is 0. The lowest BCUT2D eigenvalue weighted by atomic mass is 10.5. The highest BCUT2D eigenvalue weighted by atomic mass is 16.4. The van der Waals surface area contributed by atoms with Gasteiger partial charge >= 0.3 is 5.97 Å². The second-order valence-electron chi connectivity index (χ2n) is 3.09. The van der Waals surface area contributed by atoms with Crippen molar-refractivity contribution in [2.45, 2.75) is 13.5 Å². The van der Waals surface area contributed by atoms with Crippen molar-refractivity contribution in [3.63, 3.8) is 0 Å². The van der Waals surface area contributed by atoms with Crippen molar-refractivity contribution >= 4 is 11.8 Å². The second-order valence-corrected chi connectivity index (χ2v) is 3.09. The number of aromatic nitrogens is 2.